The average Bonchev–Trinajstić information content (AvgIpc) is 2.65. The lowest BCUT2D eigenvalue weighted by Gasteiger charge is -2.38. The molecule has 2 rings (SSSR count). The first-order valence-electron chi connectivity index (χ1n) is 10.1. The van der Waals surface area contributed by atoms with Crippen molar-refractivity contribution in [2.75, 3.05) is 20.3 Å². The van der Waals surface area contributed by atoms with Crippen molar-refractivity contribution in [2.24, 2.45) is 0 Å². The van der Waals surface area contributed by atoms with Gasteiger partial charge in [-0.2, -0.15) is 0 Å². The van der Waals surface area contributed by atoms with Gasteiger partial charge in [-0.15, -0.1) is 0 Å². The molecule has 1 aliphatic rings. The van der Waals surface area contributed by atoms with E-state index in [9.17, 15) is 9.59 Å². The molecule has 1 fully saturated rings. The Hall–Kier alpha value is -2.08. The van der Waals surface area contributed by atoms with E-state index in [1.54, 1.807) is 14.0 Å². The molecule has 1 N–H and O–H groups in total. The second-order valence-electron chi connectivity index (χ2n) is 7.44. The molecule has 0 radical (unpaired) electrons. The van der Waals surface area contributed by atoms with Gasteiger partial charge in [0.2, 0.25) is 5.91 Å². The van der Waals surface area contributed by atoms with Crippen LogP contribution in [0.2, 0.25) is 0 Å². The van der Waals surface area contributed by atoms with Crippen LogP contribution in [0.1, 0.15) is 56.2 Å². The second kappa shape index (κ2) is 9.92. The van der Waals surface area contributed by atoms with Gasteiger partial charge in [-0.05, 0) is 70.6 Å². The summed E-state index contributed by atoms with van der Waals surface area (Å²) in [6.07, 6.45) is 2.77. The fraction of sp³-hybridized carbons (Fsp3) is 0.636. The van der Waals surface area contributed by atoms with E-state index >= 15 is 0 Å². The molecule has 0 aromatic heterocycles. The van der Waals surface area contributed by atoms with Crippen molar-refractivity contribution in [2.45, 2.75) is 71.4 Å². The molecule has 0 saturated heterocycles. The summed E-state index contributed by atoms with van der Waals surface area (Å²) in [6.45, 7) is 8.64. The van der Waals surface area contributed by atoms with E-state index in [-0.39, 0.29) is 31.0 Å². The first kappa shape index (κ1) is 22.2. The van der Waals surface area contributed by atoms with Crippen LogP contribution in [-0.4, -0.2) is 43.8 Å². The summed E-state index contributed by atoms with van der Waals surface area (Å²) >= 11 is 0. The number of methoxy groups -OCH3 is 1. The largest absolute Gasteiger partial charge is 0.496 e. The van der Waals surface area contributed by atoms with E-state index < -0.39 is 5.54 Å². The number of carbonyl (C=O) groups is 2. The Kier molecular flexibility index (Phi) is 7.87. The maximum Gasteiger partial charge on any atom is 0.331 e. The molecule has 156 valence electrons. The number of hydrogen-bond donors (Lipinski definition) is 1. The van der Waals surface area contributed by atoms with Crippen LogP contribution in [-0.2, 0) is 25.5 Å². The van der Waals surface area contributed by atoms with Crippen molar-refractivity contribution in [3.63, 3.8) is 0 Å². The van der Waals surface area contributed by atoms with Crippen molar-refractivity contribution >= 4 is 11.9 Å². The highest BCUT2D eigenvalue weighted by atomic mass is 16.5. The number of carbonyl (C=O) groups excluding carboxylic acids is 2. The Labute approximate surface area is 167 Å². The Morgan fingerprint density at radius 2 is 1.82 bits per heavy atom. The van der Waals surface area contributed by atoms with Crippen LogP contribution in [0.5, 0.6) is 5.75 Å². The predicted molar refractivity (Wildman–Crippen MR) is 108 cm³/mol. The normalized spacial score (nSPS) is 21.8. The van der Waals surface area contributed by atoms with Gasteiger partial charge in [0.05, 0.1) is 26.2 Å². The fourth-order valence-corrected chi connectivity index (χ4v) is 3.97. The highest BCUT2D eigenvalue weighted by molar-refractivity contribution is 5.89. The summed E-state index contributed by atoms with van der Waals surface area (Å²) in [5, 5.41) is 3.00. The van der Waals surface area contributed by atoms with Gasteiger partial charge in [0.15, 0.2) is 0 Å². The molecule has 0 unspecified atom stereocenters. The van der Waals surface area contributed by atoms with Crippen molar-refractivity contribution in [3.8, 4) is 5.75 Å². The third kappa shape index (κ3) is 5.25. The van der Waals surface area contributed by atoms with Crippen LogP contribution in [0, 0.1) is 13.8 Å². The molecule has 1 aromatic carbocycles. The number of esters is 1. The molecule has 0 bridgehead atoms. The number of hydrogen-bond acceptors (Lipinski definition) is 5. The Balaban J connectivity index is 2.17. The Morgan fingerprint density at radius 3 is 2.39 bits per heavy atom. The minimum absolute atomic E-state index is 0.129. The summed E-state index contributed by atoms with van der Waals surface area (Å²) in [6, 6.07) is 3.95. The lowest BCUT2D eigenvalue weighted by atomic mass is 9.80. The van der Waals surface area contributed by atoms with E-state index in [0.29, 0.717) is 25.2 Å². The molecule has 0 atom stereocenters. The first-order chi connectivity index (χ1) is 13.3. The molecule has 6 heteroatoms. The molecule has 28 heavy (non-hydrogen) atoms. The van der Waals surface area contributed by atoms with Crippen molar-refractivity contribution < 1.29 is 23.8 Å². The highest BCUT2D eigenvalue weighted by Gasteiger charge is 2.44. The van der Waals surface area contributed by atoms with E-state index in [4.69, 9.17) is 14.2 Å². The molecule has 1 amide bonds. The SMILES string of the molecule is CCOC(=O)C1(NC(=O)Cc2c(C)cc(C)cc2OC)CCC(OCC)CC1. The van der Waals surface area contributed by atoms with E-state index in [0.717, 1.165) is 29.5 Å². The molecule has 6 nitrogen and oxygen atoms in total. The van der Waals surface area contributed by atoms with Gasteiger partial charge in [-0.1, -0.05) is 6.07 Å². The zero-order valence-electron chi connectivity index (χ0n) is 17.7. The van der Waals surface area contributed by atoms with Crippen LogP contribution in [0.3, 0.4) is 0 Å². The number of benzene rings is 1. The van der Waals surface area contributed by atoms with Gasteiger partial charge in [0.25, 0.3) is 0 Å². The molecule has 1 saturated carbocycles. The monoisotopic (exact) mass is 391 g/mol. The van der Waals surface area contributed by atoms with Crippen LogP contribution in [0.15, 0.2) is 12.1 Å². The van der Waals surface area contributed by atoms with Crippen LogP contribution in [0.25, 0.3) is 0 Å². The molecule has 1 aliphatic carbocycles. The van der Waals surface area contributed by atoms with Crippen LogP contribution < -0.4 is 10.1 Å². The Morgan fingerprint density at radius 1 is 1.14 bits per heavy atom. The summed E-state index contributed by atoms with van der Waals surface area (Å²) < 4.78 is 16.5. The van der Waals surface area contributed by atoms with Crippen LogP contribution in [0.4, 0.5) is 0 Å². The maximum atomic E-state index is 12.9. The van der Waals surface area contributed by atoms with Crippen molar-refractivity contribution in [3.05, 3.63) is 28.8 Å². The zero-order valence-corrected chi connectivity index (χ0v) is 17.7. The van der Waals surface area contributed by atoms with Gasteiger partial charge in [-0.3, -0.25) is 4.79 Å². The number of amides is 1. The average molecular weight is 392 g/mol. The third-order valence-electron chi connectivity index (χ3n) is 5.37. The predicted octanol–water partition coefficient (Wildman–Crippen LogP) is 3.25. The van der Waals surface area contributed by atoms with E-state index in [1.807, 2.05) is 32.9 Å². The van der Waals surface area contributed by atoms with Gasteiger partial charge in [0.1, 0.15) is 11.3 Å². The lowest BCUT2D eigenvalue weighted by Crippen LogP contribution is -2.58. The topological polar surface area (TPSA) is 73.9 Å². The quantitative estimate of drug-likeness (QED) is 0.689. The molecule has 0 spiro atoms. The summed E-state index contributed by atoms with van der Waals surface area (Å²) in [4.78, 5) is 25.6. The van der Waals surface area contributed by atoms with E-state index in [2.05, 4.69) is 5.32 Å². The number of ether oxygens (including phenoxy) is 3. The number of rotatable bonds is 8. The summed E-state index contributed by atoms with van der Waals surface area (Å²) in [5.74, 6) is 0.136. The minimum Gasteiger partial charge on any atom is -0.496 e. The Bertz CT molecular complexity index is 692. The van der Waals surface area contributed by atoms with Gasteiger partial charge in [0, 0.05) is 12.2 Å². The lowest BCUT2D eigenvalue weighted by molar-refractivity contribution is -0.156. The summed E-state index contributed by atoms with van der Waals surface area (Å²) in [7, 11) is 1.60. The molecule has 0 heterocycles. The molecule has 0 aliphatic heterocycles. The number of aryl methyl sites for hydroxylation is 2. The van der Waals surface area contributed by atoms with Gasteiger partial charge in [-0.25, -0.2) is 4.79 Å². The maximum absolute atomic E-state index is 12.9. The third-order valence-corrected chi connectivity index (χ3v) is 5.37. The van der Waals surface area contributed by atoms with E-state index in [1.165, 1.54) is 0 Å². The van der Waals surface area contributed by atoms with Crippen molar-refractivity contribution in [1.82, 2.24) is 5.32 Å². The molecular formula is C22H33NO5. The van der Waals surface area contributed by atoms with Crippen LogP contribution >= 0.6 is 0 Å². The van der Waals surface area contributed by atoms with Gasteiger partial charge >= 0.3 is 5.97 Å². The first-order valence-corrected chi connectivity index (χ1v) is 10.1. The fourth-order valence-electron chi connectivity index (χ4n) is 3.97. The highest BCUT2D eigenvalue weighted by Crippen LogP contribution is 2.32. The standard InChI is InChI=1S/C22H33NO5/c1-6-27-17-8-10-22(11-9-17,21(25)28-7-2)23-20(24)14-18-16(4)12-15(3)13-19(18)26-5/h12-13,17H,6-11,14H2,1-5H3,(H,23,24). The second-order valence-corrected chi connectivity index (χ2v) is 7.44. The van der Waals surface area contributed by atoms with Crippen molar-refractivity contribution in [1.29, 1.82) is 0 Å². The smallest absolute Gasteiger partial charge is 0.331 e. The molecular weight excluding hydrogens is 358 g/mol. The zero-order chi connectivity index (χ0) is 20.7. The number of nitrogens with one attached hydrogen (secondary N) is 1. The summed E-state index contributed by atoms with van der Waals surface area (Å²) in [5.41, 5.74) is 1.94. The minimum atomic E-state index is -0.980. The molecule has 1 aromatic rings. The van der Waals surface area contributed by atoms with Gasteiger partial charge < -0.3 is 19.5 Å².